The van der Waals surface area contributed by atoms with E-state index < -0.39 is 44.4 Å². The molecule has 3 aromatic rings. The molecule has 3 aromatic carbocycles. The number of carbonyl (C=O) groups is 2. The molecule has 1 heterocycles. The SMILES string of the molecule is B[C@@H]1O[C@H](COC(c2ccccc2)(c2ccc(OC)cc2)c2ccc(OC)cc2)C(OP(OCCC#N)N(C(C)C)C(C)C)C1OCOC(=O)CCC(C)=O. The van der Waals surface area contributed by atoms with Crippen LogP contribution in [0.2, 0.25) is 0 Å². The van der Waals surface area contributed by atoms with Crippen LogP contribution in [0, 0.1) is 11.3 Å². The average Bonchev–Trinajstić information content (AvgIpc) is 3.47. The summed E-state index contributed by atoms with van der Waals surface area (Å²) in [4.78, 5) is 23.8. The van der Waals surface area contributed by atoms with Crippen molar-refractivity contribution in [1.82, 2.24) is 4.67 Å². The Labute approximate surface area is 327 Å². The van der Waals surface area contributed by atoms with Gasteiger partial charge in [0.25, 0.3) is 8.53 Å². The summed E-state index contributed by atoms with van der Waals surface area (Å²) in [5.41, 5.74) is 1.46. The second-order valence-electron chi connectivity index (χ2n) is 13.8. The van der Waals surface area contributed by atoms with E-state index in [0.29, 0.717) is 11.5 Å². The first-order chi connectivity index (χ1) is 26.4. The van der Waals surface area contributed by atoms with Gasteiger partial charge < -0.3 is 42.3 Å². The number of Topliss-reactive ketones (excluding diaryl/α,β-unsaturated/α-hetero) is 1. The molecule has 0 amide bonds. The second-order valence-corrected chi connectivity index (χ2v) is 15.2. The van der Waals surface area contributed by atoms with E-state index in [9.17, 15) is 14.9 Å². The molecular formula is C41H54BN2O10P. The number of nitrogens with zero attached hydrogens (tertiary/aromatic N) is 2. The van der Waals surface area contributed by atoms with E-state index in [-0.39, 0.29) is 57.1 Å². The smallest absolute Gasteiger partial charge is 0.308 e. The lowest BCUT2D eigenvalue weighted by atomic mass is 9.80. The molecule has 55 heavy (non-hydrogen) atoms. The number of esters is 1. The Balaban J connectivity index is 1.76. The Morgan fingerprint density at radius 2 is 1.44 bits per heavy atom. The Morgan fingerprint density at radius 1 is 0.873 bits per heavy atom. The highest BCUT2D eigenvalue weighted by Crippen LogP contribution is 2.50. The third-order valence-electron chi connectivity index (χ3n) is 9.22. The molecule has 0 aliphatic carbocycles. The van der Waals surface area contributed by atoms with Crippen molar-refractivity contribution in [1.29, 1.82) is 5.26 Å². The first kappa shape index (κ1) is 43.9. The molecule has 1 aliphatic heterocycles. The van der Waals surface area contributed by atoms with E-state index in [1.165, 1.54) is 6.92 Å². The number of rotatable bonds is 22. The Kier molecular flexibility index (Phi) is 17.1. The van der Waals surface area contributed by atoms with Gasteiger partial charge in [0.2, 0.25) is 0 Å². The fourth-order valence-electron chi connectivity index (χ4n) is 6.61. The quantitative estimate of drug-likeness (QED) is 0.0284. The zero-order valence-electron chi connectivity index (χ0n) is 33.1. The van der Waals surface area contributed by atoms with Gasteiger partial charge in [-0.3, -0.25) is 4.79 Å². The molecule has 0 saturated carbocycles. The maximum absolute atomic E-state index is 12.4. The van der Waals surface area contributed by atoms with Crippen molar-refractivity contribution in [2.24, 2.45) is 0 Å². The van der Waals surface area contributed by atoms with Crippen molar-refractivity contribution >= 4 is 28.1 Å². The standard InChI is InChI=1S/C41H54BN2O10P/c1-28(2)44(29(3)4)55(52-25-11-24-43)54-38-36(53-40(42)39(38)50-27-49-37(46)23-14-30(5)45)26-51-41(31-12-9-8-10-13-31,32-15-19-34(47-6)20-16-32)33-17-21-35(48-7)22-18-33/h8-10,12-13,15-22,28-29,36,38-40H,11,14,23,25-27,42H2,1-7H3/t36-,38?,39?,40-,55?/m1/s1. The highest BCUT2D eigenvalue weighted by molar-refractivity contribution is 7.44. The molecule has 1 fully saturated rings. The molecule has 4 rings (SSSR count). The maximum Gasteiger partial charge on any atom is 0.308 e. The predicted octanol–water partition coefficient (Wildman–Crippen LogP) is 6.29. The minimum absolute atomic E-state index is 0.0418. The summed E-state index contributed by atoms with van der Waals surface area (Å²) in [5, 5.41) is 9.33. The van der Waals surface area contributed by atoms with Crippen LogP contribution in [0.3, 0.4) is 0 Å². The maximum atomic E-state index is 12.4. The molecule has 1 aliphatic rings. The molecule has 14 heteroatoms. The predicted molar refractivity (Wildman–Crippen MR) is 211 cm³/mol. The van der Waals surface area contributed by atoms with Crippen LogP contribution in [0.5, 0.6) is 11.5 Å². The lowest BCUT2D eigenvalue weighted by Gasteiger charge is -2.39. The van der Waals surface area contributed by atoms with Gasteiger partial charge in [-0.25, -0.2) is 4.67 Å². The molecular weight excluding hydrogens is 722 g/mol. The van der Waals surface area contributed by atoms with Crippen LogP contribution in [-0.4, -0.2) is 94.9 Å². The van der Waals surface area contributed by atoms with Gasteiger partial charge in [0.15, 0.2) is 6.79 Å². The fraction of sp³-hybridized carbons (Fsp3) is 0.488. The monoisotopic (exact) mass is 776 g/mol. The third-order valence-corrected chi connectivity index (χ3v) is 11.3. The molecule has 0 spiro atoms. The first-order valence-corrected chi connectivity index (χ1v) is 19.7. The van der Waals surface area contributed by atoms with Crippen LogP contribution >= 0.6 is 8.53 Å². The molecule has 3 unspecified atom stereocenters. The van der Waals surface area contributed by atoms with Crippen molar-refractivity contribution < 1.29 is 47.1 Å². The van der Waals surface area contributed by atoms with Crippen LogP contribution in [0.15, 0.2) is 78.9 Å². The molecule has 5 atom stereocenters. The lowest BCUT2D eigenvalue weighted by molar-refractivity contribution is -0.165. The third kappa shape index (κ3) is 11.6. The second kappa shape index (κ2) is 21.4. The van der Waals surface area contributed by atoms with Crippen LogP contribution in [0.4, 0.5) is 0 Å². The summed E-state index contributed by atoms with van der Waals surface area (Å²) >= 11 is 0. The van der Waals surface area contributed by atoms with E-state index in [0.717, 1.165) is 16.7 Å². The van der Waals surface area contributed by atoms with Gasteiger partial charge in [0.05, 0.1) is 52.3 Å². The molecule has 1 saturated heterocycles. The minimum Gasteiger partial charge on any atom is -0.497 e. The number of ether oxygens (including phenoxy) is 6. The summed E-state index contributed by atoms with van der Waals surface area (Å²) in [6.07, 6.45) is -1.90. The number of benzene rings is 3. The van der Waals surface area contributed by atoms with Crippen molar-refractivity contribution in [2.75, 3.05) is 34.2 Å². The summed E-state index contributed by atoms with van der Waals surface area (Å²) in [7, 11) is 3.40. The van der Waals surface area contributed by atoms with Crippen LogP contribution in [-0.2, 0) is 43.2 Å². The normalized spacial score (nSPS) is 19.0. The van der Waals surface area contributed by atoms with Gasteiger partial charge in [-0.1, -0.05) is 54.6 Å². The van der Waals surface area contributed by atoms with Crippen LogP contribution in [0.1, 0.15) is 70.6 Å². The highest BCUT2D eigenvalue weighted by Gasteiger charge is 2.49. The van der Waals surface area contributed by atoms with Gasteiger partial charge in [-0.2, -0.15) is 5.26 Å². The number of methoxy groups -OCH3 is 2. The van der Waals surface area contributed by atoms with Crippen molar-refractivity contribution in [3.8, 4) is 17.6 Å². The van der Waals surface area contributed by atoms with E-state index >= 15 is 0 Å². The molecule has 0 bridgehead atoms. The Hall–Kier alpha value is -3.86. The highest BCUT2D eigenvalue weighted by atomic mass is 31.2. The van der Waals surface area contributed by atoms with Crippen molar-refractivity contribution in [3.05, 3.63) is 95.6 Å². The zero-order chi connectivity index (χ0) is 40.0. The van der Waals surface area contributed by atoms with Gasteiger partial charge >= 0.3 is 5.97 Å². The van der Waals surface area contributed by atoms with Gasteiger partial charge in [0, 0.05) is 18.5 Å². The number of nitriles is 1. The van der Waals surface area contributed by atoms with E-state index in [2.05, 4.69) is 38.4 Å². The minimum atomic E-state index is -1.73. The molecule has 0 aromatic heterocycles. The number of hydrogen-bond donors (Lipinski definition) is 0. The lowest BCUT2D eigenvalue weighted by Crippen LogP contribution is -2.43. The van der Waals surface area contributed by atoms with Gasteiger partial charge in [-0.05, 0) is 75.6 Å². The molecule has 0 radical (unpaired) electrons. The molecule has 296 valence electrons. The summed E-state index contributed by atoms with van der Waals surface area (Å²) < 4.78 is 51.8. The van der Waals surface area contributed by atoms with Crippen molar-refractivity contribution in [2.45, 2.75) is 95.9 Å². The van der Waals surface area contributed by atoms with Crippen molar-refractivity contribution in [3.63, 3.8) is 0 Å². The summed E-state index contributed by atoms with van der Waals surface area (Å²) in [5.74, 6) is 0.757. The molecule has 12 nitrogen and oxygen atoms in total. The van der Waals surface area contributed by atoms with E-state index in [1.54, 1.807) is 14.2 Å². The van der Waals surface area contributed by atoms with Crippen LogP contribution < -0.4 is 9.47 Å². The van der Waals surface area contributed by atoms with E-state index in [4.69, 9.17) is 37.5 Å². The van der Waals surface area contributed by atoms with Gasteiger partial charge in [-0.15, -0.1) is 0 Å². The largest absolute Gasteiger partial charge is 0.497 e. The topological polar surface area (TPSA) is 135 Å². The fourth-order valence-corrected chi connectivity index (χ4v) is 8.38. The molecule has 0 N–H and O–H groups in total. The number of hydrogen-bond acceptors (Lipinski definition) is 12. The van der Waals surface area contributed by atoms with Gasteiger partial charge in [0.1, 0.15) is 49.0 Å². The Morgan fingerprint density at radius 3 is 1.95 bits per heavy atom. The van der Waals surface area contributed by atoms with E-state index in [1.807, 2.05) is 86.7 Å². The van der Waals surface area contributed by atoms with Crippen LogP contribution in [0.25, 0.3) is 0 Å². The summed E-state index contributed by atoms with van der Waals surface area (Å²) in [6, 6.07) is 27.2. The Bertz CT molecular complexity index is 1620. The average molecular weight is 777 g/mol. The first-order valence-electron chi connectivity index (χ1n) is 18.6. The zero-order valence-corrected chi connectivity index (χ0v) is 34.0. The number of ketones is 1. The number of carbonyl (C=O) groups excluding carboxylic acids is 2. The summed E-state index contributed by atoms with van der Waals surface area (Å²) in [6.45, 7) is 9.54.